The Morgan fingerprint density at radius 3 is 2.69 bits per heavy atom. The standard InChI is InChI=1S/C19H22N2O4S/c1-3-4-10-21(2)17(22)13-25-19(24)14-7-5-8-15(12-14)20-18(23)16-9-6-11-26-16/h5-9,11-12H,3-4,10,13H2,1-2H3,(H,20,23). The first kappa shape index (κ1) is 19.7. The van der Waals surface area contributed by atoms with E-state index in [0.29, 0.717) is 17.1 Å². The lowest BCUT2D eigenvalue weighted by Crippen LogP contribution is -2.32. The Morgan fingerprint density at radius 1 is 1.19 bits per heavy atom. The van der Waals surface area contributed by atoms with E-state index >= 15 is 0 Å². The molecule has 0 fully saturated rings. The number of amides is 2. The molecule has 0 radical (unpaired) electrons. The van der Waals surface area contributed by atoms with Gasteiger partial charge in [0.15, 0.2) is 6.61 Å². The Morgan fingerprint density at radius 2 is 2.00 bits per heavy atom. The molecular weight excluding hydrogens is 352 g/mol. The highest BCUT2D eigenvalue weighted by atomic mass is 32.1. The molecule has 0 bridgehead atoms. The van der Waals surface area contributed by atoms with Crippen molar-refractivity contribution in [3.05, 3.63) is 52.2 Å². The van der Waals surface area contributed by atoms with Crippen LogP contribution in [0.4, 0.5) is 5.69 Å². The molecule has 2 aromatic rings. The van der Waals surface area contributed by atoms with Gasteiger partial charge in [0.1, 0.15) is 0 Å². The van der Waals surface area contributed by atoms with Gasteiger partial charge in [0.05, 0.1) is 10.4 Å². The number of anilines is 1. The van der Waals surface area contributed by atoms with Crippen molar-refractivity contribution in [3.63, 3.8) is 0 Å². The Bertz CT molecular complexity index is 759. The van der Waals surface area contributed by atoms with Crippen LogP contribution >= 0.6 is 11.3 Å². The molecule has 0 saturated heterocycles. The van der Waals surface area contributed by atoms with Gasteiger partial charge in [-0.25, -0.2) is 4.79 Å². The van der Waals surface area contributed by atoms with Crippen LogP contribution in [-0.2, 0) is 9.53 Å². The Balaban J connectivity index is 1.91. The van der Waals surface area contributed by atoms with Crippen LogP contribution < -0.4 is 5.32 Å². The minimum atomic E-state index is -0.602. The molecule has 1 aromatic heterocycles. The van der Waals surface area contributed by atoms with Crippen molar-refractivity contribution in [3.8, 4) is 0 Å². The molecule has 0 atom stereocenters. The van der Waals surface area contributed by atoms with E-state index in [-0.39, 0.29) is 24.0 Å². The summed E-state index contributed by atoms with van der Waals surface area (Å²) in [6, 6.07) is 9.95. The number of thiophene rings is 1. The number of unbranched alkanes of at least 4 members (excludes halogenated alkanes) is 1. The molecular formula is C19H22N2O4S. The van der Waals surface area contributed by atoms with Gasteiger partial charge in [-0.1, -0.05) is 25.5 Å². The van der Waals surface area contributed by atoms with E-state index in [9.17, 15) is 14.4 Å². The molecule has 2 rings (SSSR count). The number of esters is 1. The molecule has 26 heavy (non-hydrogen) atoms. The number of likely N-dealkylation sites (N-methyl/N-ethyl adjacent to an activating group) is 1. The van der Waals surface area contributed by atoms with Crippen molar-refractivity contribution >= 4 is 34.8 Å². The predicted octanol–water partition coefficient (Wildman–Crippen LogP) is 3.42. The Labute approximate surface area is 156 Å². The molecule has 0 aliphatic rings. The zero-order valence-electron chi connectivity index (χ0n) is 14.9. The number of benzene rings is 1. The third-order valence-corrected chi connectivity index (χ3v) is 4.57. The van der Waals surface area contributed by atoms with Crippen molar-refractivity contribution in [1.29, 1.82) is 0 Å². The Hall–Kier alpha value is -2.67. The average molecular weight is 374 g/mol. The predicted molar refractivity (Wildman–Crippen MR) is 102 cm³/mol. The first-order valence-corrected chi connectivity index (χ1v) is 9.25. The molecule has 6 nitrogen and oxygen atoms in total. The molecule has 0 spiro atoms. The van der Waals surface area contributed by atoms with E-state index in [0.717, 1.165) is 12.8 Å². The maximum Gasteiger partial charge on any atom is 0.338 e. The monoisotopic (exact) mass is 374 g/mol. The maximum absolute atomic E-state index is 12.1. The van der Waals surface area contributed by atoms with E-state index in [4.69, 9.17) is 4.74 Å². The van der Waals surface area contributed by atoms with E-state index in [1.54, 1.807) is 42.3 Å². The highest BCUT2D eigenvalue weighted by Gasteiger charge is 2.14. The molecule has 2 amide bonds. The minimum absolute atomic E-state index is 0.238. The first-order valence-electron chi connectivity index (χ1n) is 8.37. The zero-order chi connectivity index (χ0) is 18.9. The lowest BCUT2D eigenvalue weighted by Gasteiger charge is -2.16. The molecule has 7 heteroatoms. The van der Waals surface area contributed by atoms with Crippen molar-refractivity contribution in [1.82, 2.24) is 4.90 Å². The second kappa shape index (κ2) is 9.72. The quantitative estimate of drug-likeness (QED) is 0.719. The molecule has 1 N–H and O–H groups in total. The molecule has 1 heterocycles. The van der Waals surface area contributed by atoms with E-state index in [2.05, 4.69) is 5.32 Å². The lowest BCUT2D eigenvalue weighted by molar-refractivity contribution is -0.133. The fourth-order valence-corrected chi connectivity index (χ4v) is 2.78. The minimum Gasteiger partial charge on any atom is -0.452 e. The third-order valence-electron chi connectivity index (χ3n) is 3.70. The number of ether oxygens (including phenoxy) is 1. The Kier molecular flexibility index (Phi) is 7.35. The fourth-order valence-electron chi connectivity index (χ4n) is 2.17. The van der Waals surface area contributed by atoms with Gasteiger partial charge in [-0.3, -0.25) is 9.59 Å². The van der Waals surface area contributed by atoms with Crippen molar-refractivity contribution in [2.75, 3.05) is 25.5 Å². The van der Waals surface area contributed by atoms with Gasteiger partial charge in [0.2, 0.25) is 0 Å². The van der Waals surface area contributed by atoms with Gasteiger partial charge in [-0.15, -0.1) is 11.3 Å². The second-order valence-electron chi connectivity index (χ2n) is 5.76. The molecule has 0 aliphatic heterocycles. The number of rotatable bonds is 8. The SMILES string of the molecule is CCCCN(C)C(=O)COC(=O)c1cccc(NC(=O)c2cccs2)c1. The summed E-state index contributed by atoms with van der Waals surface area (Å²) in [6.45, 7) is 2.38. The summed E-state index contributed by atoms with van der Waals surface area (Å²) in [5.74, 6) is -1.08. The van der Waals surface area contributed by atoms with Gasteiger partial charge in [0.25, 0.3) is 11.8 Å². The molecule has 138 valence electrons. The third kappa shape index (κ3) is 5.70. The van der Waals surface area contributed by atoms with Gasteiger partial charge in [-0.2, -0.15) is 0 Å². The van der Waals surface area contributed by atoms with Crippen LogP contribution in [0.2, 0.25) is 0 Å². The van der Waals surface area contributed by atoms with Crippen LogP contribution in [0.1, 0.15) is 39.8 Å². The van der Waals surface area contributed by atoms with Crippen molar-refractivity contribution in [2.24, 2.45) is 0 Å². The van der Waals surface area contributed by atoms with Crippen LogP contribution in [0.3, 0.4) is 0 Å². The van der Waals surface area contributed by atoms with Crippen LogP contribution in [0.5, 0.6) is 0 Å². The topological polar surface area (TPSA) is 75.7 Å². The summed E-state index contributed by atoms with van der Waals surface area (Å²) in [5, 5.41) is 4.55. The number of carbonyl (C=O) groups is 3. The smallest absolute Gasteiger partial charge is 0.338 e. The summed E-state index contributed by atoms with van der Waals surface area (Å²) in [7, 11) is 1.69. The van der Waals surface area contributed by atoms with Gasteiger partial charge in [-0.05, 0) is 36.1 Å². The van der Waals surface area contributed by atoms with E-state index in [1.807, 2.05) is 12.3 Å². The van der Waals surface area contributed by atoms with Crippen LogP contribution in [0.15, 0.2) is 41.8 Å². The zero-order valence-corrected chi connectivity index (χ0v) is 15.7. The summed E-state index contributed by atoms with van der Waals surface area (Å²) < 4.78 is 5.08. The maximum atomic E-state index is 12.1. The molecule has 1 aromatic carbocycles. The highest BCUT2D eigenvalue weighted by Crippen LogP contribution is 2.15. The summed E-state index contributed by atoms with van der Waals surface area (Å²) >= 11 is 1.33. The highest BCUT2D eigenvalue weighted by molar-refractivity contribution is 7.12. The second-order valence-corrected chi connectivity index (χ2v) is 6.70. The number of hydrogen-bond acceptors (Lipinski definition) is 5. The fraction of sp³-hybridized carbons (Fsp3) is 0.316. The van der Waals surface area contributed by atoms with Gasteiger partial charge < -0.3 is 15.0 Å². The average Bonchev–Trinajstić information content (AvgIpc) is 3.19. The van der Waals surface area contributed by atoms with Crippen molar-refractivity contribution < 1.29 is 19.1 Å². The molecule has 0 unspecified atom stereocenters. The normalized spacial score (nSPS) is 10.2. The van der Waals surface area contributed by atoms with Crippen LogP contribution in [-0.4, -0.2) is 42.9 Å². The van der Waals surface area contributed by atoms with Crippen LogP contribution in [0, 0.1) is 0 Å². The molecule has 0 saturated carbocycles. The van der Waals surface area contributed by atoms with E-state index < -0.39 is 5.97 Å². The van der Waals surface area contributed by atoms with Gasteiger partial charge in [0, 0.05) is 19.3 Å². The summed E-state index contributed by atoms with van der Waals surface area (Å²) in [4.78, 5) is 38.3. The number of carbonyl (C=O) groups excluding carboxylic acids is 3. The first-order chi connectivity index (χ1) is 12.5. The number of nitrogens with zero attached hydrogens (tertiary/aromatic N) is 1. The molecule has 0 aliphatic carbocycles. The number of nitrogens with one attached hydrogen (secondary N) is 1. The van der Waals surface area contributed by atoms with Crippen LogP contribution in [0.25, 0.3) is 0 Å². The largest absolute Gasteiger partial charge is 0.452 e. The lowest BCUT2D eigenvalue weighted by atomic mass is 10.2. The van der Waals surface area contributed by atoms with Gasteiger partial charge >= 0.3 is 5.97 Å². The van der Waals surface area contributed by atoms with Crippen molar-refractivity contribution in [2.45, 2.75) is 19.8 Å². The summed E-state index contributed by atoms with van der Waals surface area (Å²) in [6.07, 6.45) is 1.89. The summed E-state index contributed by atoms with van der Waals surface area (Å²) in [5.41, 5.74) is 0.766. The van der Waals surface area contributed by atoms with E-state index in [1.165, 1.54) is 17.4 Å². The number of hydrogen-bond donors (Lipinski definition) is 1.